The standard InChI is InChI=1S/C21H23N5O2S/c1-13-7-9-16(10-8-13)20-24-25-21(29)26(20)12-18(28)22-11-17(27)23-19-14(2)5-4-6-15(19)3/h4-10H,11-12H2,1-3H3,(H,22,28)(H,23,27)(H,25,29). The molecule has 0 fully saturated rings. The highest BCUT2D eigenvalue weighted by molar-refractivity contribution is 7.71. The van der Waals surface area contributed by atoms with Gasteiger partial charge in [-0.15, -0.1) is 0 Å². The first kappa shape index (κ1) is 20.5. The van der Waals surface area contributed by atoms with Gasteiger partial charge in [0.1, 0.15) is 6.54 Å². The molecule has 1 heterocycles. The van der Waals surface area contributed by atoms with E-state index < -0.39 is 0 Å². The first-order valence-corrected chi connectivity index (χ1v) is 9.61. The van der Waals surface area contributed by atoms with Crippen molar-refractivity contribution in [3.05, 3.63) is 63.9 Å². The van der Waals surface area contributed by atoms with Crippen LogP contribution in [0.25, 0.3) is 11.4 Å². The number of hydrogen-bond donors (Lipinski definition) is 3. The lowest BCUT2D eigenvalue weighted by atomic mass is 10.1. The zero-order valence-corrected chi connectivity index (χ0v) is 17.4. The molecule has 0 saturated heterocycles. The predicted molar refractivity (Wildman–Crippen MR) is 115 cm³/mol. The van der Waals surface area contributed by atoms with Crippen LogP contribution in [0.3, 0.4) is 0 Å². The average molecular weight is 410 g/mol. The summed E-state index contributed by atoms with van der Waals surface area (Å²) in [5.41, 5.74) is 4.69. The lowest BCUT2D eigenvalue weighted by Gasteiger charge is -2.12. The van der Waals surface area contributed by atoms with E-state index in [1.807, 2.05) is 63.2 Å². The number of amides is 2. The fraction of sp³-hybridized carbons (Fsp3) is 0.238. The second-order valence-corrected chi connectivity index (χ2v) is 7.28. The quantitative estimate of drug-likeness (QED) is 0.545. The molecular weight excluding hydrogens is 386 g/mol. The van der Waals surface area contributed by atoms with Crippen LogP contribution in [0.4, 0.5) is 5.69 Å². The summed E-state index contributed by atoms with van der Waals surface area (Å²) in [5.74, 6) is -0.0389. The Morgan fingerprint density at radius 1 is 1.03 bits per heavy atom. The van der Waals surface area contributed by atoms with Crippen molar-refractivity contribution in [2.45, 2.75) is 27.3 Å². The number of anilines is 1. The molecule has 0 saturated carbocycles. The van der Waals surface area contributed by atoms with Crippen molar-refractivity contribution in [1.82, 2.24) is 20.1 Å². The molecule has 2 amide bonds. The molecular formula is C21H23N5O2S. The van der Waals surface area contributed by atoms with Crippen LogP contribution in [0.2, 0.25) is 0 Å². The number of benzene rings is 2. The monoisotopic (exact) mass is 409 g/mol. The number of carbonyl (C=O) groups is 2. The van der Waals surface area contributed by atoms with Crippen LogP contribution in [0.15, 0.2) is 42.5 Å². The SMILES string of the molecule is Cc1ccc(-c2n[nH]c(=S)n2CC(=O)NCC(=O)Nc2c(C)cccc2C)cc1. The molecule has 1 aromatic heterocycles. The third-order valence-corrected chi connectivity index (χ3v) is 4.87. The number of nitrogens with one attached hydrogen (secondary N) is 3. The molecule has 3 N–H and O–H groups in total. The molecule has 0 unspecified atom stereocenters. The van der Waals surface area contributed by atoms with Gasteiger partial charge in [0, 0.05) is 11.3 Å². The van der Waals surface area contributed by atoms with E-state index in [-0.39, 0.29) is 24.9 Å². The maximum atomic E-state index is 12.4. The summed E-state index contributed by atoms with van der Waals surface area (Å²) in [4.78, 5) is 24.6. The normalized spacial score (nSPS) is 10.6. The number of para-hydroxylation sites is 1. The summed E-state index contributed by atoms with van der Waals surface area (Å²) in [5, 5.41) is 12.4. The molecule has 3 rings (SSSR count). The molecule has 29 heavy (non-hydrogen) atoms. The minimum atomic E-state index is -0.326. The third-order valence-electron chi connectivity index (χ3n) is 4.56. The maximum absolute atomic E-state index is 12.4. The van der Waals surface area contributed by atoms with Crippen molar-refractivity contribution < 1.29 is 9.59 Å². The van der Waals surface area contributed by atoms with Crippen molar-refractivity contribution in [2.75, 3.05) is 11.9 Å². The molecule has 7 nitrogen and oxygen atoms in total. The van der Waals surface area contributed by atoms with E-state index in [0.717, 1.165) is 27.9 Å². The number of nitrogens with zero attached hydrogens (tertiary/aromatic N) is 2. The third kappa shape index (κ3) is 4.97. The Hall–Kier alpha value is -3.26. The largest absolute Gasteiger partial charge is 0.345 e. The molecule has 0 aliphatic rings. The Morgan fingerprint density at radius 3 is 2.34 bits per heavy atom. The molecule has 0 aliphatic carbocycles. The van der Waals surface area contributed by atoms with E-state index in [1.54, 1.807) is 4.57 Å². The molecule has 0 spiro atoms. The minimum Gasteiger partial charge on any atom is -0.345 e. The number of aryl methyl sites for hydroxylation is 3. The summed E-state index contributed by atoms with van der Waals surface area (Å²) >= 11 is 5.25. The zero-order chi connectivity index (χ0) is 21.0. The Bertz CT molecular complexity index is 1080. The Balaban J connectivity index is 1.63. The van der Waals surface area contributed by atoms with Crippen LogP contribution >= 0.6 is 12.2 Å². The van der Waals surface area contributed by atoms with Crippen LogP contribution in [-0.4, -0.2) is 33.1 Å². The smallest absolute Gasteiger partial charge is 0.243 e. The first-order valence-electron chi connectivity index (χ1n) is 9.20. The highest BCUT2D eigenvalue weighted by Gasteiger charge is 2.14. The van der Waals surface area contributed by atoms with E-state index in [2.05, 4.69) is 20.8 Å². The molecule has 150 valence electrons. The van der Waals surface area contributed by atoms with E-state index in [0.29, 0.717) is 10.6 Å². The zero-order valence-electron chi connectivity index (χ0n) is 16.6. The van der Waals surface area contributed by atoms with Gasteiger partial charge in [-0.25, -0.2) is 0 Å². The molecule has 0 radical (unpaired) electrons. The number of rotatable bonds is 6. The molecule has 2 aromatic carbocycles. The summed E-state index contributed by atoms with van der Waals surface area (Å²) < 4.78 is 1.95. The molecule has 0 bridgehead atoms. The number of aromatic amines is 1. The second-order valence-electron chi connectivity index (χ2n) is 6.90. The van der Waals surface area contributed by atoms with Gasteiger partial charge in [-0.3, -0.25) is 19.3 Å². The number of carbonyl (C=O) groups excluding carboxylic acids is 2. The van der Waals surface area contributed by atoms with Crippen molar-refractivity contribution in [3.8, 4) is 11.4 Å². The van der Waals surface area contributed by atoms with Gasteiger partial charge >= 0.3 is 0 Å². The Labute approximate surface area is 174 Å². The summed E-state index contributed by atoms with van der Waals surface area (Å²) in [6, 6.07) is 13.6. The maximum Gasteiger partial charge on any atom is 0.243 e. The highest BCUT2D eigenvalue weighted by atomic mass is 32.1. The van der Waals surface area contributed by atoms with Crippen molar-refractivity contribution in [2.24, 2.45) is 0 Å². The average Bonchev–Trinajstić information content (AvgIpc) is 3.04. The van der Waals surface area contributed by atoms with Gasteiger partial charge in [-0.05, 0) is 44.1 Å². The Morgan fingerprint density at radius 2 is 1.69 bits per heavy atom. The number of H-pyrrole nitrogens is 1. The molecule has 3 aromatic rings. The highest BCUT2D eigenvalue weighted by Crippen LogP contribution is 2.19. The van der Waals surface area contributed by atoms with Gasteiger partial charge in [0.15, 0.2) is 10.6 Å². The fourth-order valence-corrected chi connectivity index (χ4v) is 3.16. The van der Waals surface area contributed by atoms with Gasteiger partial charge in [0.2, 0.25) is 11.8 Å². The predicted octanol–water partition coefficient (Wildman–Crippen LogP) is 3.29. The van der Waals surface area contributed by atoms with E-state index in [1.165, 1.54) is 0 Å². The van der Waals surface area contributed by atoms with Crippen LogP contribution in [0.1, 0.15) is 16.7 Å². The van der Waals surface area contributed by atoms with Crippen molar-refractivity contribution >= 4 is 29.7 Å². The first-order chi connectivity index (χ1) is 13.8. The lowest BCUT2D eigenvalue weighted by Crippen LogP contribution is -2.35. The van der Waals surface area contributed by atoms with Gasteiger partial charge in [0.25, 0.3) is 0 Å². The van der Waals surface area contributed by atoms with E-state index in [9.17, 15) is 9.59 Å². The van der Waals surface area contributed by atoms with Crippen molar-refractivity contribution in [1.29, 1.82) is 0 Å². The van der Waals surface area contributed by atoms with E-state index >= 15 is 0 Å². The van der Waals surface area contributed by atoms with Crippen molar-refractivity contribution in [3.63, 3.8) is 0 Å². The van der Waals surface area contributed by atoms with E-state index in [4.69, 9.17) is 12.2 Å². The van der Waals surface area contributed by atoms with Gasteiger partial charge in [-0.1, -0.05) is 48.0 Å². The van der Waals surface area contributed by atoms with Gasteiger partial charge < -0.3 is 10.6 Å². The Kier molecular flexibility index (Phi) is 6.23. The molecule has 0 aliphatic heterocycles. The summed E-state index contributed by atoms with van der Waals surface area (Å²) in [6.45, 7) is 5.69. The van der Waals surface area contributed by atoms with Crippen LogP contribution in [-0.2, 0) is 16.1 Å². The number of hydrogen-bond acceptors (Lipinski definition) is 4. The summed E-state index contributed by atoms with van der Waals surface area (Å²) in [7, 11) is 0. The lowest BCUT2D eigenvalue weighted by molar-refractivity contribution is -0.124. The minimum absolute atomic E-state index is 0.0325. The van der Waals surface area contributed by atoms with Gasteiger partial charge in [-0.2, -0.15) is 5.10 Å². The number of aromatic nitrogens is 3. The van der Waals surface area contributed by atoms with Crippen LogP contribution < -0.4 is 10.6 Å². The van der Waals surface area contributed by atoms with Crippen LogP contribution in [0, 0.1) is 25.5 Å². The second kappa shape index (κ2) is 8.83. The summed E-state index contributed by atoms with van der Waals surface area (Å²) in [6.07, 6.45) is 0. The van der Waals surface area contributed by atoms with Gasteiger partial charge in [0.05, 0.1) is 6.54 Å². The molecule has 8 heteroatoms. The van der Waals surface area contributed by atoms with Crippen LogP contribution in [0.5, 0.6) is 0 Å². The fourth-order valence-electron chi connectivity index (χ4n) is 2.96. The molecule has 0 atom stereocenters. The topological polar surface area (TPSA) is 91.8 Å².